The van der Waals surface area contributed by atoms with Gasteiger partial charge in [-0.3, -0.25) is 9.69 Å². The zero-order valence-corrected chi connectivity index (χ0v) is 18.7. The number of aromatic nitrogens is 4. The fraction of sp³-hybridized carbons (Fsp3) is 0.478. The number of rotatable bonds is 7. The van der Waals surface area contributed by atoms with Gasteiger partial charge in [0.2, 0.25) is 5.91 Å². The van der Waals surface area contributed by atoms with Crippen LogP contribution in [0.15, 0.2) is 36.4 Å². The molecule has 33 heavy (non-hydrogen) atoms. The Labute approximate surface area is 192 Å². The normalized spacial score (nSPS) is 17.4. The van der Waals surface area contributed by atoms with E-state index in [1.165, 1.54) is 5.56 Å². The van der Waals surface area contributed by atoms with Crippen LogP contribution in [0.5, 0.6) is 0 Å². The van der Waals surface area contributed by atoms with Crippen molar-refractivity contribution in [3.63, 3.8) is 0 Å². The molecule has 5 rings (SSSR count). The van der Waals surface area contributed by atoms with Gasteiger partial charge in [-0.15, -0.1) is 15.3 Å². The van der Waals surface area contributed by atoms with Crippen molar-refractivity contribution >= 4 is 23.1 Å². The SMILES string of the molecule is O=C(CCc1nnc2ccc(N3CCOCC3)nn12)Nc1ccc(CN2CCOCC2)cc1. The molecule has 2 aliphatic heterocycles. The van der Waals surface area contributed by atoms with E-state index in [9.17, 15) is 4.79 Å². The molecule has 0 saturated carbocycles. The Morgan fingerprint density at radius 3 is 2.39 bits per heavy atom. The Morgan fingerprint density at radius 1 is 0.909 bits per heavy atom. The molecule has 1 aromatic carbocycles. The Bertz CT molecular complexity index is 1070. The average molecular weight is 452 g/mol. The predicted molar refractivity (Wildman–Crippen MR) is 123 cm³/mol. The van der Waals surface area contributed by atoms with Gasteiger partial charge < -0.3 is 19.7 Å². The number of benzene rings is 1. The number of anilines is 2. The highest BCUT2D eigenvalue weighted by molar-refractivity contribution is 5.90. The molecule has 0 unspecified atom stereocenters. The van der Waals surface area contributed by atoms with Gasteiger partial charge in [-0.25, -0.2) is 0 Å². The maximum Gasteiger partial charge on any atom is 0.224 e. The van der Waals surface area contributed by atoms with E-state index in [1.54, 1.807) is 4.52 Å². The molecular formula is C23H29N7O3. The van der Waals surface area contributed by atoms with Crippen LogP contribution < -0.4 is 10.2 Å². The van der Waals surface area contributed by atoms with E-state index in [0.717, 1.165) is 57.4 Å². The van der Waals surface area contributed by atoms with Crippen molar-refractivity contribution < 1.29 is 14.3 Å². The molecule has 10 heteroatoms. The second-order valence-corrected chi connectivity index (χ2v) is 8.31. The highest BCUT2D eigenvalue weighted by Gasteiger charge is 2.16. The zero-order valence-electron chi connectivity index (χ0n) is 18.7. The van der Waals surface area contributed by atoms with Gasteiger partial charge in [-0.2, -0.15) is 4.52 Å². The van der Waals surface area contributed by atoms with Crippen molar-refractivity contribution in [2.24, 2.45) is 0 Å². The number of nitrogens with one attached hydrogen (secondary N) is 1. The number of nitrogens with zero attached hydrogens (tertiary/aromatic N) is 6. The lowest BCUT2D eigenvalue weighted by Gasteiger charge is -2.27. The fourth-order valence-electron chi connectivity index (χ4n) is 4.10. The molecule has 1 amide bonds. The van der Waals surface area contributed by atoms with Gasteiger partial charge in [0.1, 0.15) is 5.82 Å². The fourth-order valence-corrected chi connectivity index (χ4v) is 4.10. The summed E-state index contributed by atoms with van der Waals surface area (Å²) in [6.07, 6.45) is 0.765. The molecule has 174 valence electrons. The third-order valence-electron chi connectivity index (χ3n) is 5.97. The quantitative estimate of drug-likeness (QED) is 0.575. The van der Waals surface area contributed by atoms with E-state index >= 15 is 0 Å². The number of amides is 1. The van der Waals surface area contributed by atoms with Crippen LogP contribution in [0.2, 0.25) is 0 Å². The lowest BCUT2D eigenvalue weighted by atomic mass is 10.2. The minimum Gasteiger partial charge on any atom is -0.379 e. The first-order chi connectivity index (χ1) is 16.2. The molecule has 1 N–H and O–H groups in total. The molecule has 2 aromatic heterocycles. The standard InChI is InChI=1S/C23H29N7O3/c31-23(24-19-3-1-18(2-4-19)17-28-9-13-32-14-10-28)8-7-21-26-25-20-5-6-22(27-30(20)21)29-11-15-33-16-12-29/h1-6H,7-17H2,(H,24,31). The predicted octanol–water partition coefficient (Wildman–Crippen LogP) is 1.36. The van der Waals surface area contributed by atoms with Gasteiger partial charge >= 0.3 is 0 Å². The lowest BCUT2D eigenvalue weighted by Crippen LogP contribution is -2.37. The Hall–Kier alpha value is -3.08. The number of morpholine rings is 2. The smallest absolute Gasteiger partial charge is 0.224 e. The van der Waals surface area contributed by atoms with Crippen molar-refractivity contribution in [3.05, 3.63) is 47.8 Å². The average Bonchev–Trinajstić information content (AvgIpc) is 3.27. The number of fused-ring (bicyclic) bond motifs is 1. The van der Waals surface area contributed by atoms with Crippen molar-refractivity contribution in [2.45, 2.75) is 19.4 Å². The van der Waals surface area contributed by atoms with Crippen LogP contribution in [0.1, 0.15) is 17.8 Å². The topological polar surface area (TPSA) is 97.1 Å². The van der Waals surface area contributed by atoms with Crippen LogP contribution in [0.4, 0.5) is 11.5 Å². The lowest BCUT2D eigenvalue weighted by molar-refractivity contribution is -0.116. The molecule has 0 spiro atoms. The third-order valence-corrected chi connectivity index (χ3v) is 5.97. The molecule has 0 atom stereocenters. The van der Waals surface area contributed by atoms with E-state index in [-0.39, 0.29) is 5.91 Å². The number of ether oxygens (including phenoxy) is 2. The molecule has 3 aromatic rings. The summed E-state index contributed by atoms with van der Waals surface area (Å²) in [6, 6.07) is 11.9. The number of carbonyl (C=O) groups is 1. The van der Waals surface area contributed by atoms with Gasteiger partial charge in [0.15, 0.2) is 11.5 Å². The molecule has 4 heterocycles. The minimum atomic E-state index is -0.0583. The van der Waals surface area contributed by atoms with E-state index in [1.807, 2.05) is 24.3 Å². The van der Waals surface area contributed by atoms with Crippen LogP contribution in [0.3, 0.4) is 0 Å². The van der Waals surface area contributed by atoms with Crippen molar-refractivity contribution in [1.29, 1.82) is 0 Å². The van der Waals surface area contributed by atoms with Crippen molar-refractivity contribution in [1.82, 2.24) is 24.7 Å². The molecule has 2 fully saturated rings. The van der Waals surface area contributed by atoms with Crippen LogP contribution in [0.25, 0.3) is 5.65 Å². The largest absolute Gasteiger partial charge is 0.379 e. The van der Waals surface area contributed by atoms with Crippen molar-refractivity contribution in [3.8, 4) is 0 Å². The molecule has 0 bridgehead atoms. The minimum absolute atomic E-state index is 0.0583. The molecular weight excluding hydrogens is 422 g/mol. The van der Waals surface area contributed by atoms with E-state index < -0.39 is 0 Å². The Morgan fingerprint density at radius 2 is 1.64 bits per heavy atom. The van der Waals surface area contributed by atoms with Gasteiger partial charge in [0, 0.05) is 51.3 Å². The number of carbonyl (C=O) groups excluding carboxylic acids is 1. The highest BCUT2D eigenvalue weighted by Crippen LogP contribution is 2.16. The van der Waals surface area contributed by atoms with Gasteiger partial charge in [0.25, 0.3) is 0 Å². The summed E-state index contributed by atoms with van der Waals surface area (Å²) >= 11 is 0. The summed E-state index contributed by atoms with van der Waals surface area (Å²) in [7, 11) is 0. The Kier molecular flexibility index (Phi) is 6.75. The third kappa shape index (κ3) is 5.47. The number of hydrogen-bond acceptors (Lipinski definition) is 8. The van der Waals surface area contributed by atoms with Crippen LogP contribution in [0, 0.1) is 0 Å². The summed E-state index contributed by atoms with van der Waals surface area (Å²) in [5, 5.41) is 16.1. The number of hydrogen-bond donors (Lipinski definition) is 1. The summed E-state index contributed by atoms with van der Waals surface area (Å²) < 4.78 is 12.6. The maximum atomic E-state index is 12.5. The van der Waals surface area contributed by atoms with Crippen LogP contribution >= 0.6 is 0 Å². The van der Waals surface area contributed by atoms with Gasteiger partial charge in [0.05, 0.1) is 26.4 Å². The summed E-state index contributed by atoms with van der Waals surface area (Å²) in [6.45, 7) is 7.41. The first-order valence-corrected chi connectivity index (χ1v) is 11.5. The van der Waals surface area contributed by atoms with Crippen molar-refractivity contribution in [2.75, 3.05) is 62.8 Å². The molecule has 0 radical (unpaired) electrons. The molecule has 10 nitrogen and oxygen atoms in total. The summed E-state index contributed by atoms with van der Waals surface area (Å²) in [5.74, 6) is 1.49. The summed E-state index contributed by atoms with van der Waals surface area (Å²) in [4.78, 5) is 17.1. The summed E-state index contributed by atoms with van der Waals surface area (Å²) in [5.41, 5.74) is 2.70. The van der Waals surface area contributed by atoms with Crippen LogP contribution in [-0.2, 0) is 27.2 Å². The molecule has 2 saturated heterocycles. The van der Waals surface area contributed by atoms with E-state index in [4.69, 9.17) is 14.6 Å². The van der Waals surface area contributed by atoms with Gasteiger partial charge in [-0.1, -0.05) is 12.1 Å². The van der Waals surface area contributed by atoms with Gasteiger partial charge in [-0.05, 0) is 29.8 Å². The Balaban J connectivity index is 1.16. The highest BCUT2D eigenvalue weighted by atomic mass is 16.5. The monoisotopic (exact) mass is 451 g/mol. The van der Waals surface area contributed by atoms with E-state index in [0.29, 0.717) is 37.5 Å². The second-order valence-electron chi connectivity index (χ2n) is 8.31. The maximum absolute atomic E-state index is 12.5. The second kappa shape index (κ2) is 10.2. The van der Waals surface area contributed by atoms with E-state index in [2.05, 4.69) is 37.4 Å². The number of aryl methyl sites for hydroxylation is 1. The molecule has 0 aliphatic carbocycles. The van der Waals surface area contributed by atoms with Crippen LogP contribution in [-0.4, -0.2) is 83.2 Å². The molecule has 2 aliphatic rings. The first kappa shape index (κ1) is 21.7. The first-order valence-electron chi connectivity index (χ1n) is 11.5. The zero-order chi connectivity index (χ0) is 22.5.